The van der Waals surface area contributed by atoms with E-state index in [9.17, 15) is 19.2 Å². The fourth-order valence-electron chi connectivity index (χ4n) is 1.83. The summed E-state index contributed by atoms with van der Waals surface area (Å²) in [5.74, 6) is -2.70. The Morgan fingerprint density at radius 1 is 0.739 bits per heavy atom. The van der Waals surface area contributed by atoms with Crippen LogP contribution in [0, 0.1) is 0 Å². The van der Waals surface area contributed by atoms with Gasteiger partial charge in [0.05, 0.1) is 0 Å². The third-order valence-corrected chi connectivity index (χ3v) is 2.77. The van der Waals surface area contributed by atoms with Crippen molar-refractivity contribution in [1.82, 2.24) is 0 Å². The molecule has 9 heteroatoms. The molecule has 23 heavy (non-hydrogen) atoms. The monoisotopic (exact) mass is 348 g/mol. The van der Waals surface area contributed by atoms with E-state index in [1.54, 1.807) is 0 Å². The number of thiocarbonyl (C=S) groups is 1. The number of carbonyl (C=O) groups excluding carboxylic acids is 4. The predicted octanol–water partition coefficient (Wildman–Crippen LogP) is 0.733. The second-order valence-electron chi connectivity index (χ2n) is 4.67. The molecule has 130 valence electrons. The molecule has 0 saturated heterocycles. The summed E-state index contributed by atoms with van der Waals surface area (Å²) in [4.78, 5) is 45.0. The van der Waals surface area contributed by atoms with Crippen LogP contribution in [0.15, 0.2) is 0 Å². The number of ether oxygens (including phenoxy) is 4. The summed E-state index contributed by atoms with van der Waals surface area (Å²) in [6.07, 6.45) is -4.58. The van der Waals surface area contributed by atoms with Crippen molar-refractivity contribution in [1.29, 1.82) is 0 Å². The van der Waals surface area contributed by atoms with Gasteiger partial charge in [-0.05, 0) is 6.92 Å². The highest BCUT2D eigenvalue weighted by atomic mass is 32.1. The zero-order valence-electron chi connectivity index (χ0n) is 13.6. The molecule has 0 bridgehead atoms. The molecular weight excluding hydrogens is 328 g/mol. The summed E-state index contributed by atoms with van der Waals surface area (Å²) in [6, 6.07) is 0. The molecule has 0 radical (unpaired) electrons. The SMILES string of the molecule is CC(=O)O[C@H]([C@H](OC(C)=O)[C@H](C)OC(C)=O)[C@@H](C=S)OC(C)=O. The lowest BCUT2D eigenvalue weighted by molar-refractivity contribution is -0.191. The minimum atomic E-state index is -1.26. The van der Waals surface area contributed by atoms with Crippen LogP contribution in [0.1, 0.15) is 34.6 Å². The maximum atomic E-state index is 11.3. The molecule has 0 heterocycles. The molecular formula is C14H20O8S. The maximum Gasteiger partial charge on any atom is 0.303 e. The number of carbonyl (C=O) groups is 4. The Balaban J connectivity index is 5.62. The van der Waals surface area contributed by atoms with Crippen LogP contribution in [0.3, 0.4) is 0 Å². The molecule has 0 aromatic carbocycles. The highest BCUT2D eigenvalue weighted by Crippen LogP contribution is 2.18. The van der Waals surface area contributed by atoms with E-state index in [1.165, 1.54) is 13.8 Å². The molecule has 0 saturated carbocycles. The summed E-state index contributed by atoms with van der Waals surface area (Å²) in [5.41, 5.74) is 0. The van der Waals surface area contributed by atoms with Gasteiger partial charge in [-0.2, -0.15) is 0 Å². The first-order valence-corrected chi connectivity index (χ1v) is 7.19. The second kappa shape index (κ2) is 9.88. The van der Waals surface area contributed by atoms with Gasteiger partial charge in [0.1, 0.15) is 6.10 Å². The van der Waals surface area contributed by atoms with Gasteiger partial charge in [0.25, 0.3) is 0 Å². The van der Waals surface area contributed by atoms with E-state index in [-0.39, 0.29) is 0 Å². The molecule has 0 aliphatic carbocycles. The topological polar surface area (TPSA) is 105 Å². The van der Waals surface area contributed by atoms with Crippen LogP contribution in [0.4, 0.5) is 0 Å². The van der Waals surface area contributed by atoms with Crippen LogP contribution in [0.5, 0.6) is 0 Å². The Bertz CT molecular complexity index is 475. The summed E-state index contributed by atoms with van der Waals surface area (Å²) in [7, 11) is 0. The van der Waals surface area contributed by atoms with Crippen LogP contribution < -0.4 is 0 Å². The van der Waals surface area contributed by atoms with Gasteiger partial charge in [-0.1, -0.05) is 12.2 Å². The highest BCUT2D eigenvalue weighted by Gasteiger charge is 2.40. The Morgan fingerprint density at radius 3 is 1.48 bits per heavy atom. The fraction of sp³-hybridized carbons (Fsp3) is 0.643. The second-order valence-corrected chi connectivity index (χ2v) is 4.94. The molecule has 0 aromatic heterocycles. The number of rotatable bonds is 8. The number of hydrogen-bond donors (Lipinski definition) is 0. The third kappa shape index (κ3) is 8.24. The molecule has 0 N–H and O–H groups in total. The maximum absolute atomic E-state index is 11.3. The Hall–Kier alpha value is -2.03. The molecule has 0 unspecified atom stereocenters. The van der Waals surface area contributed by atoms with Crippen molar-refractivity contribution in [3.8, 4) is 0 Å². The fourth-order valence-corrected chi connectivity index (χ4v) is 2.04. The van der Waals surface area contributed by atoms with E-state index in [1.807, 2.05) is 0 Å². The van der Waals surface area contributed by atoms with Crippen molar-refractivity contribution in [3.63, 3.8) is 0 Å². The van der Waals surface area contributed by atoms with Crippen molar-refractivity contribution in [2.45, 2.75) is 59.0 Å². The lowest BCUT2D eigenvalue weighted by Gasteiger charge is -2.32. The molecule has 0 aromatic rings. The van der Waals surface area contributed by atoms with Crippen LogP contribution in [-0.2, 0) is 38.1 Å². The van der Waals surface area contributed by atoms with E-state index in [4.69, 9.17) is 31.2 Å². The van der Waals surface area contributed by atoms with Gasteiger partial charge in [0.2, 0.25) is 0 Å². The van der Waals surface area contributed by atoms with Crippen LogP contribution in [-0.4, -0.2) is 53.7 Å². The zero-order valence-corrected chi connectivity index (χ0v) is 14.4. The molecule has 0 spiro atoms. The van der Waals surface area contributed by atoms with Gasteiger partial charge in [0.15, 0.2) is 18.3 Å². The van der Waals surface area contributed by atoms with Gasteiger partial charge in [0, 0.05) is 33.1 Å². The average molecular weight is 348 g/mol. The number of hydrogen-bond acceptors (Lipinski definition) is 9. The third-order valence-electron chi connectivity index (χ3n) is 2.50. The van der Waals surface area contributed by atoms with E-state index < -0.39 is 48.3 Å². The van der Waals surface area contributed by atoms with Gasteiger partial charge in [-0.3, -0.25) is 19.2 Å². The van der Waals surface area contributed by atoms with E-state index in [0.717, 1.165) is 26.1 Å². The summed E-state index contributed by atoms with van der Waals surface area (Å²) >= 11 is 4.79. The molecule has 0 aliphatic heterocycles. The summed E-state index contributed by atoms with van der Waals surface area (Å²) in [6.45, 7) is 6.02. The smallest absolute Gasteiger partial charge is 0.303 e. The van der Waals surface area contributed by atoms with Crippen molar-refractivity contribution in [2.24, 2.45) is 0 Å². The highest BCUT2D eigenvalue weighted by molar-refractivity contribution is 7.79. The Kier molecular flexibility index (Phi) is 9.01. The van der Waals surface area contributed by atoms with Crippen molar-refractivity contribution in [2.75, 3.05) is 0 Å². The van der Waals surface area contributed by atoms with Gasteiger partial charge in [-0.15, -0.1) is 0 Å². The van der Waals surface area contributed by atoms with Crippen molar-refractivity contribution in [3.05, 3.63) is 0 Å². The quantitative estimate of drug-likeness (QED) is 0.356. The van der Waals surface area contributed by atoms with Crippen LogP contribution in [0.25, 0.3) is 0 Å². The largest absolute Gasteiger partial charge is 0.459 e. The van der Waals surface area contributed by atoms with Crippen molar-refractivity contribution < 1.29 is 38.1 Å². The first-order chi connectivity index (χ1) is 10.6. The van der Waals surface area contributed by atoms with Crippen molar-refractivity contribution >= 4 is 41.5 Å². The minimum Gasteiger partial charge on any atom is -0.459 e. The molecule has 4 atom stereocenters. The average Bonchev–Trinajstić information content (AvgIpc) is 2.38. The standard InChI is InChI=1S/C14H20O8S/c1-7(19-8(2)15)13(21-10(4)17)14(22-11(5)18)12(6-23)20-9(3)16/h6-7,12-14H,1-5H3/t7-,12+,13+,14-/m0/s1. The van der Waals surface area contributed by atoms with Gasteiger partial charge in [-0.25, -0.2) is 0 Å². The lowest BCUT2D eigenvalue weighted by atomic mass is 10.0. The molecule has 8 nitrogen and oxygen atoms in total. The van der Waals surface area contributed by atoms with E-state index in [0.29, 0.717) is 0 Å². The molecule has 0 fully saturated rings. The molecule has 0 aliphatic rings. The number of esters is 4. The van der Waals surface area contributed by atoms with Gasteiger partial charge < -0.3 is 18.9 Å². The van der Waals surface area contributed by atoms with E-state index >= 15 is 0 Å². The minimum absolute atomic E-state index is 0.623. The van der Waals surface area contributed by atoms with Crippen LogP contribution in [0.2, 0.25) is 0 Å². The Labute approximate surface area is 139 Å². The normalized spacial score (nSPS) is 15.3. The summed E-state index contributed by atoms with van der Waals surface area (Å²) < 4.78 is 20.1. The molecule has 0 amide bonds. The molecule has 0 rings (SSSR count). The lowest BCUT2D eigenvalue weighted by Crippen LogP contribution is -2.51. The first-order valence-electron chi connectivity index (χ1n) is 6.72. The first kappa shape index (κ1) is 21.0. The predicted molar refractivity (Wildman–Crippen MR) is 81.5 cm³/mol. The van der Waals surface area contributed by atoms with Gasteiger partial charge >= 0.3 is 23.9 Å². The van der Waals surface area contributed by atoms with E-state index in [2.05, 4.69) is 0 Å². The Morgan fingerprint density at radius 2 is 1.13 bits per heavy atom. The van der Waals surface area contributed by atoms with Crippen LogP contribution >= 0.6 is 12.2 Å². The zero-order chi connectivity index (χ0) is 18.2. The summed E-state index contributed by atoms with van der Waals surface area (Å²) in [5, 5.41) is 1.06.